The van der Waals surface area contributed by atoms with Crippen LogP contribution in [0.5, 0.6) is 0 Å². The van der Waals surface area contributed by atoms with Gasteiger partial charge in [0.15, 0.2) is 0 Å². The topological polar surface area (TPSA) is 55.5 Å². The maximum atomic E-state index is 12.6. The Labute approximate surface area is 121 Å². The summed E-state index contributed by atoms with van der Waals surface area (Å²) in [6.07, 6.45) is 1.86. The Balaban J connectivity index is 2.22. The fourth-order valence-corrected chi connectivity index (χ4v) is 2.58. The number of carbonyl (C=O) groups excluding carboxylic acids is 1. The molecule has 0 fully saturated rings. The van der Waals surface area contributed by atoms with Crippen LogP contribution in [0.2, 0.25) is 0 Å². The second kappa shape index (κ2) is 5.09. The van der Waals surface area contributed by atoms with Crippen LogP contribution in [0.15, 0.2) is 47.4 Å². The Morgan fingerprint density at radius 2 is 1.76 bits per heavy atom. The first-order chi connectivity index (χ1) is 10.1. The molecule has 0 aliphatic carbocycles. The summed E-state index contributed by atoms with van der Waals surface area (Å²) in [4.78, 5) is 24.6. The molecule has 0 saturated carbocycles. The number of fused-ring (bicyclic) bond motifs is 3. The molecule has 5 heteroatoms. The van der Waals surface area contributed by atoms with Crippen LogP contribution in [0, 0.1) is 0 Å². The lowest BCUT2D eigenvalue weighted by molar-refractivity contribution is -0.122. The molecule has 2 aromatic heterocycles. The van der Waals surface area contributed by atoms with Crippen LogP contribution in [0.4, 0.5) is 0 Å². The standard InChI is InChI=1S/C16H17N3O2/c1-11(2)17-15(20)10-19-13-7-4-3-6-12(13)18-9-5-8-14(18)16(19)21/h3-9,11H,10H2,1-2H3,(H,17,20). The fourth-order valence-electron chi connectivity index (χ4n) is 2.58. The highest BCUT2D eigenvalue weighted by atomic mass is 16.2. The van der Waals surface area contributed by atoms with Gasteiger partial charge in [0.1, 0.15) is 12.1 Å². The zero-order valence-corrected chi connectivity index (χ0v) is 12.0. The van der Waals surface area contributed by atoms with E-state index in [-0.39, 0.29) is 24.1 Å². The fraction of sp³-hybridized carbons (Fsp3) is 0.250. The van der Waals surface area contributed by atoms with Crippen molar-refractivity contribution in [2.24, 2.45) is 0 Å². The lowest BCUT2D eigenvalue weighted by atomic mass is 10.2. The molecule has 0 unspecified atom stereocenters. The molecule has 3 aromatic rings. The second-order valence-electron chi connectivity index (χ2n) is 5.37. The molecule has 21 heavy (non-hydrogen) atoms. The van der Waals surface area contributed by atoms with Gasteiger partial charge in [0.25, 0.3) is 5.56 Å². The zero-order valence-electron chi connectivity index (χ0n) is 12.0. The van der Waals surface area contributed by atoms with Gasteiger partial charge in [0, 0.05) is 12.2 Å². The van der Waals surface area contributed by atoms with Gasteiger partial charge in [-0.1, -0.05) is 12.1 Å². The summed E-state index contributed by atoms with van der Waals surface area (Å²) in [6.45, 7) is 3.82. The van der Waals surface area contributed by atoms with E-state index in [4.69, 9.17) is 0 Å². The third-order valence-electron chi connectivity index (χ3n) is 3.40. The lowest BCUT2D eigenvalue weighted by Gasteiger charge is -2.13. The van der Waals surface area contributed by atoms with Crippen molar-refractivity contribution >= 4 is 22.5 Å². The maximum Gasteiger partial charge on any atom is 0.275 e. The smallest absolute Gasteiger partial charge is 0.275 e. The summed E-state index contributed by atoms with van der Waals surface area (Å²) in [5.41, 5.74) is 2.09. The first-order valence-electron chi connectivity index (χ1n) is 6.96. The quantitative estimate of drug-likeness (QED) is 0.796. The highest BCUT2D eigenvalue weighted by Crippen LogP contribution is 2.14. The van der Waals surface area contributed by atoms with Gasteiger partial charge in [-0.05, 0) is 38.1 Å². The Morgan fingerprint density at radius 3 is 2.48 bits per heavy atom. The highest BCUT2D eigenvalue weighted by molar-refractivity contribution is 5.82. The van der Waals surface area contributed by atoms with Crippen molar-refractivity contribution in [1.29, 1.82) is 0 Å². The number of rotatable bonds is 3. The van der Waals surface area contributed by atoms with Gasteiger partial charge in [0.05, 0.1) is 11.0 Å². The van der Waals surface area contributed by atoms with Crippen molar-refractivity contribution in [3.05, 3.63) is 52.9 Å². The summed E-state index contributed by atoms with van der Waals surface area (Å²) in [6, 6.07) is 11.3. The third-order valence-corrected chi connectivity index (χ3v) is 3.40. The monoisotopic (exact) mass is 283 g/mol. The van der Waals surface area contributed by atoms with Gasteiger partial charge >= 0.3 is 0 Å². The van der Waals surface area contributed by atoms with Gasteiger partial charge in [-0.2, -0.15) is 0 Å². The van der Waals surface area contributed by atoms with Crippen molar-refractivity contribution in [2.75, 3.05) is 0 Å². The van der Waals surface area contributed by atoms with Crippen LogP contribution in [0.25, 0.3) is 16.6 Å². The molecule has 0 bridgehead atoms. The number of carbonyl (C=O) groups is 1. The minimum absolute atomic E-state index is 0.0270. The lowest BCUT2D eigenvalue weighted by Crippen LogP contribution is -2.36. The van der Waals surface area contributed by atoms with E-state index >= 15 is 0 Å². The Hall–Kier alpha value is -2.56. The number of benzene rings is 1. The highest BCUT2D eigenvalue weighted by Gasteiger charge is 2.13. The van der Waals surface area contributed by atoms with Gasteiger partial charge < -0.3 is 9.72 Å². The van der Waals surface area contributed by atoms with Crippen LogP contribution in [-0.4, -0.2) is 20.9 Å². The summed E-state index contributed by atoms with van der Waals surface area (Å²) in [5.74, 6) is -0.159. The van der Waals surface area contributed by atoms with Crippen molar-refractivity contribution in [1.82, 2.24) is 14.3 Å². The zero-order chi connectivity index (χ0) is 15.0. The van der Waals surface area contributed by atoms with E-state index in [0.29, 0.717) is 5.52 Å². The number of hydrogen-bond acceptors (Lipinski definition) is 2. The van der Waals surface area contributed by atoms with E-state index in [1.807, 2.05) is 54.8 Å². The van der Waals surface area contributed by atoms with E-state index in [9.17, 15) is 9.59 Å². The van der Waals surface area contributed by atoms with Crippen molar-refractivity contribution in [3.63, 3.8) is 0 Å². The maximum absolute atomic E-state index is 12.6. The van der Waals surface area contributed by atoms with Gasteiger partial charge in [-0.3, -0.25) is 14.2 Å². The van der Waals surface area contributed by atoms with Crippen molar-refractivity contribution in [2.45, 2.75) is 26.4 Å². The van der Waals surface area contributed by atoms with Crippen LogP contribution >= 0.6 is 0 Å². The molecule has 1 amide bonds. The number of nitrogens with zero attached hydrogens (tertiary/aromatic N) is 2. The predicted octanol–water partition coefficient (Wildman–Crippen LogP) is 1.78. The predicted molar refractivity (Wildman–Crippen MR) is 82.4 cm³/mol. The van der Waals surface area contributed by atoms with Gasteiger partial charge in [0.2, 0.25) is 5.91 Å². The summed E-state index contributed by atoms with van der Waals surface area (Å²) >= 11 is 0. The van der Waals surface area contributed by atoms with Crippen molar-refractivity contribution in [3.8, 4) is 0 Å². The van der Waals surface area contributed by atoms with Crippen LogP contribution in [0.3, 0.4) is 0 Å². The normalized spacial score (nSPS) is 11.4. The molecule has 3 rings (SSSR count). The average Bonchev–Trinajstić information content (AvgIpc) is 2.92. The SMILES string of the molecule is CC(C)NC(=O)Cn1c(=O)c2cccn2c2ccccc21. The summed E-state index contributed by atoms with van der Waals surface area (Å²) < 4.78 is 3.39. The Morgan fingerprint density at radius 1 is 1.10 bits per heavy atom. The molecule has 0 radical (unpaired) electrons. The van der Waals surface area contributed by atoms with E-state index in [1.54, 1.807) is 6.07 Å². The van der Waals surface area contributed by atoms with E-state index < -0.39 is 0 Å². The van der Waals surface area contributed by atoms with Gasteiger partial charge in [-0.25, -0.2) is 0 Å². The molecule has 1 N–H and O–H groups in total. The molecule has 0 spiro atoms. The Bertz CT molecular complexity index is 874. The number of nitrogens with one attached hydrogen (secondary N) is 1. The summed E-state index contributed by atoms with van der Waals surface area (Å²) in [5, 5.41) is 2.82. The molecule has 0 aliphatic heterocycles. The molecule has 0 saturated heterocycles. The molecular weight excluding hydrogens is 266 g/mol. The average molecular weight is 283 g/mol. The van der Waals surface area contributed by atoms with E-state index in [2.05, 4.69) is 5.32 Å². The minimum Gasteiger partial charge on any atom is -0.352 e. The number of hydrogen-bond donors (Lipinski definition) is 1. The molecule has 0 aliphatic rings. The molecule has 2 heterocycles. The van der Waals surface area contributed by atoms with Crippen LogP contribution in [0.1, 0.15) is 13.8 Å². The largest absolute Gasteiger partial charge is 0.352 e. The van der Waals surface area contributed by atoms with Gasteiger partial charge in [-0.15, -0.1) is 0 Å². The first kappa shape index (κ1) is 13.4. The molecule has 0 atom stereocenters. The number of para-hydroxylation sites is 2. The Kier molecular flexibility index (Phi) is 3.25. The second-order valence-corrected chi connectivity index (χ2v) is 5.37. The molecule has 108 valence electrons. The van der Waals surface area contributed by atoms with Crippen molar-refractivity contribution < 1.29 is 4.79 Å². The van der Waals surface area contributed by atoms with Crippen LogP contribution < -0.4 is 10.9 Å². The molecule has 1 aromatic carbocycles. The number of aromatic nitrogens is 2. The van der Waals surface area contributed by atoms with E-state index in [1.165, 1.54) is 4.57 Å². The minimum atomic E-state index is -0.159. The van der Waals surface area contributed by atoms with Crippen LogP contribution in [-0.2, 0) is 11.3 Å². The molecular formula is C16H17N3O2. The molecule has 5 nitrogen and oxygen atoms in total. The number of amides is 1. The first-order valence-corrected chi connectivity index (χ1v) is 6.96. The van der Waals surface area contributed by atoms with E-state index in [0.717, 1.165) is 11.0 Å². The third kappa shape index (κ3) is 2.31. The summed E-state index contributed by atoms with van der Waals surface area (Å²) in [7, 11) is 0.